The molecule has 58 valence electrons. The van der Waals surface area contributed by atoms with Crippen LogP contribution in [0.25, 0.3) is 0 Å². The summed E-state index contributed by atoms with van der Waals surface area (Å²) in [5.41, 5.74) is 5.60. The van der Waals surface area contributed by atoms with Crippen molar-refractivity contribution in [3.05, 3.63) is 35.5 Å². The van der Waals surface area contributed by atoms with Crippen LogP contribution in [-0.4, -0.2) is 6.21 Å². The van der Waals surface area contributed by atoms with Crippen LogP contribution in [0.2, 0.25) is 0 Å². The Hall–Kier alpha value is -1.36. The van der Waals surface area contributed by atoms with Crippen molar-refractivity contribution in [2.75, 3.05) is 0 Å². The largest absolute Gasteiger partial charge is 0.313 e. The van der Waals surface area contributed by atoms with Crippen LogP contribution < -0.4 is 0 Å². The highest BCUT2D eigenvalue weighted by Crippen LogP contribution is 1.95. The van der Waals surface area contributed by atoms with E-state index >= 15 is 0 Å². The number of rotatable bonds is 3. The summed E-state index contributed by atoms with van der Waals surface area (Å²) in [7, 11) is 0. The highest BCUT2D eigenvalue weighted by atomic mass is 19.1. The molecule has 0 aliphatic carbocycles. The Labute approximate surface area is 65.8 Å². The van der Waals surface area contributed by atoms with Crippen LogP contribution in [0.4, 0.5) is 4.39 Å². The van der Waals surface area contributed by atoms with E-state index in [-0.39, 0.29) is 0 Å². The fourth-order valence-corrected chi connectivity index (χ4v) is 0.422. The van der Waals surface area contributed by atoms with Crippen molar-refractivity contribution in [2.24, 2.45) is 0 Å². The van der Waals surface area contributed by atoms with Crippen molar-refractivity contribution >= 4 is 6.21 Å². The summed E-state index contributed by atoms with van der Waals surface area (Å²) in [5, 5.41) is 6.73. The van der Waals surface area contributed by atoms with Crippen molar-refractivity contribution < 1.29 is 4.39 Å². The zero-order valence-corrected chi connectivity index (χ0v) is 6.45. The molecule has 0 aromatic carbocycles. The third kappa shape index (κ3) is 5.10. The predicted molar refractivity (Wildman–Crippen MR) is 44.4 cm³/mol. The Morgan fingerprint density at radius 2 is 2.27 bits per heavy atom. The standard InChI is InChI=1S/C9H10FN/c1-3-9(10)5-4-8(2)6-7-11/h3,7,11H,1,6H2,2H3. The van der Waals surface area contributed by atoms with Crippen LogP contribution in [0.1, 0.15) is 13.3 Å². The minimum absolute atomic E-state index is 0.484. The van der Waals surface area contributed by atoms with Gasteiger partial charge in [0, 0.05) is 6.42 Å². The third-order valence-corrected chi connectivity index (χ3v) is 0.983. The molecule has 0 atom stereocenters. The lowest BCUT2D eigenvalue weighted by molar-refractivity contribution is 0.670. The maximum Gasteiger partial charge on any atom is 0.172 e. The Morgan fingerprint density at radius 1 is 1.64 bits per heavy atom. The molecule has 0 aliphatic heterocycles. The maximum atomic E-state index is 12.3. The van der Waals surface area contributed by atoms with E-state index in [1.165, 1.54) is 6.21 Å². The maximum absolute atomic E-state index is 12.3. The molecule has 1 nitrogen and oxygen atoms in total. The number of hydrogen-bond donors (Lipinski definition) is 1. The molecule has 0 radical (unpaired) electrons. The van der Waals surface area contributed by atoms with Crippen molar-refractivity contribution in [1.29, 1.82) is 5.41 Å². The second-order valence-corrected chi connectivity index (χ2v) is 1.99. The normalized spacial score (nSPS) is 7.45. The number of nitrogens with one attached hydrogen (secondary N) is 1. The molecule has 0 heterocycles. The van der Waals surface area contributed by atoms with Gasteiger partial charge in [-0.1, -0.05) is 12.3 Å². The Balaban J connectivity index is 4.62. The average molecular weight is 151 g/mol. The first-order valence-electron chi connectivity index (χ1n) is 3.19. The van der Waals surface area contributed by atoms with Gasteiger partial charge in [0.15, 0.2) is 5.83 Å². The van der Waals surface area contributed by atoms with E-state index in [1.54, 1.807) is 6.92 Å². The van der Waals surface area contributed by atoms with E-state index in [0.717, 1.165) is 11.6 Å². The first-order chi connectivity index (χ1) is 5.20. The first-order valence-corrected chi connectivity index (χ1v) is 3.19. The van der Waals surface area contributed by atoms with Crippen molar-refractivity contribution in [3.8, 4) is 0 Å². The minimum Gasteiger partial charge on any atom is -0.313 e. The molecular formula is C9H10FN. The van der Waals surface area contributed by atoms with Crippen molar-refractivity contribution in [3.63, 3.8) is 0 Å². The molecule has 0 aliphatic rings. The van der Waals surface area contributed by atoms with Crippen LogP contribution in [0.5, 0.6) is 0 Å². The van der Waals surface area contributed by atoms with E-state index in [9.17, 15) is 4.39 Å². The molecule has 0 bridgehead atoms. The van der Waals surface area contributed by atoms with Crippen LogP contribution >= 0.6 is 0 Å². The molecule has 0 spiro atoms. The van der Waals surface area contributed by atoms with Gasteiger partial charge in [-0.25, -0.2) is 0 Å². The minimum atomic E-state index is -0.533. The van der Waals surface area contributed by atoms with Gasteiger partial charge < -0.3 is 5.41 Å². The molecule has 0 unspecified atom stereocenters. The van der Waals surface area contributed by atoms with E-state index < -0.39 is 5.83 Å². The van der Waals surface area contributed by atoms with Gasteiger partial charge in [-0.15, -0.1) is 0 Å². The second-order valence-electron chi connectivity index (χ2n) is 1.99. The van der Waals surface area contributed by atoms with Gasteiger partial charge in [-0.3, -0.25) is 0 Å². The molecule has 0 saturated carbocycles. The molecule has 0 saturated heterocycles. The van der Waals surface area contributed by atoms with Gasteiger partial charge in [0.25, 0.3) is 0 Å². The lowest BCUT2D eigenvalue weighted by Gasteiger charge is -1.82. The second kappa shape index (κ2) is 5.43. The van der Waals surface area contributed by atoms with Gasteiger partial charge in [0.1, 0.15) is 0 Å². The number of halogens is 1. The molecule has 11 heavy (non-hydrogen) atoms. The van der Waals surface area contributed by atoms with Crippen LogP contribution in [0.3, 0.4) is 0 Å². The van der Waals surface area contributed by atoms with E-state index in [4.69, 9.17) is 5.41 Å². The Morgan fingerprint density at radius 3 is 2.73 bits per heavy atom. The van der Waals surface area contributed by atoms with Gasteiger partial charge in [0.2, 0.25) is 0 Å². The summed E-state index contributed by atoms with van der Waals surface area (Å²) in [6.45, 7) is 4.97. The molecule has 0 aromatic heterocycles. The summed E-state index contributed by atoms with van der Waals surface area (Å²) < 4.78 is 12.3. The topological polar surface area (TPSA) is 23.9 Å². The van der Waals surface area contributed by atoms with E-state index in [0.29, 0.717) is 6.42 Å². The lowest BCUT2D eigenvalue weighted by Crippen LogP contribution is -1.72. The zero-order valence-electron chi connectivity index (χ0n) is 6.45. The third-order valence-electron chi connectivity index (χ3n) is 0.983. The van der Waals surface area contributed by atoms with E-state index in [1.807, 2.05) is 0 Å². The smallest absolute Gasteiger partial charge is 0.172 e. The SMILES string of the molecule is C=CC(F)=C=C=C(C)CC=N. The molecule has 0 rings (SSSR count). The highest BCUT2D eigenvalue weighted by molar-refractivity contribution is 5.56. The molecule has 0 aromatic rings. The Bertz CT molecular complexity index is 251. The number of allylic oxidation sites excluding steroid dienone is 3. The first kappa shape index (κ1) is 9.64. The molecular weight excluding hydrogens is 141 g/mol. The fourth-order valence-electron chi connectivity index (χ4n) is 0.422. The van der Waals surface area contributed by atoms with Crippen LogP contribution in [0, 0.1) is 5.41 Å². The van der Waals surface area contributed by atoms with Gasteiger partial charge in [-0.2, -0.15) is 4.39 Å². The molecule has 0 fully saturated rings. The summed E-state index contributed by atoms with van der Waals surface area (Å²) >= 11 is 0. The van der Waals surface area contributed by atoms with Gasteiger partial charge in [-0.05, 0) is 30.5 Å². The summed E-state index contributed by atoms with van der Waals surface area (Å²) in [6, 6.07) is 0. The molecule has 0 amide bonds. The van der Waals surface area contributed by atoms with Gasteiger partial charge in [0.05, 0.1) is 0 Å². The fraction of sp³-hybridized carbons (Fsp3) is 0.222. The summed E-state index contributed by atoms with van der Waals surface area (Å²) in [5.74, 6) is -0.533. The highest BCUT2D eigenvalue weighted by Gasteiger charge is 1.81. The lowest BCUT2D eigenvalue weighted by atomic mass is 10.2. The quantitative estimate of drug-likeness (QED) is 0.364. The zero-order chi connectivity index (χ0) is 8.69. The average Bonchev–Trinajstić information content (AvgIpc) is 2.01. The molecule has 2 heteroatoms. The Kier molecular flexibility index (Phi) is 4.76. The van der Waals surface area contributed by atoms with Crippen LogP contribution in [0.15, 0.2) is 35.5 Å². The number of hydrogen-bond acceptors (Lipinski definition) is 1. The predicted octanol–water partition coefficient (Wildman–Crippen LogP) is 2.77. The van der Waals surface area contributed by atoms with Gasteiger partial charge >= 0.3 is 0 Å². The van der Waals surface area contributed by atoms with Crippen molar-refractivity contribution in [1.82, 2.24) is 0 Å². The van der Waals surface area contributed by atoms with E-state index in [2.05, 4.69) is 18.0 Å². The van der Waals surface area contributed by atoms with Crippen LogP contribution in [-0.2, 0) is 0 Å². The summed E-state index contributed by atoms with van der Waals surface area (Å²) in [6.07, 6.45) is 2.78. The molecule has 1 N–H and O–H groups in total. The monoisotopic (exact) mass is 151 g/mol. The summed E-state index contributed by atoms with van der Waals surface area (Å²) in [4.78, 5) is 0. The van der Waals surface area contributed by atoms with Crippen molar-refractivity contribution in [2.45, 2.75) is 13.3 Å².